The van der Waals surface area contributed by atoms with Crippen molar-refractivity contribution >= 4 is 34.6 Å². The van der Waals surface area contributed by atoms with Gasteiger partial charge in [-0.2, -0.15) is 0 Å². The molecule has 0 bridgehead atoms. The number of likely N-dealkylation sites (N-methyl/N-ethyl adjacent to an activating group) is 1. The van der Waals surface area contributed by atoms with E-state index in [2.05, 4.69) is 47.7 Å². The Morgan fingerprint density at radius 2 is 1.88 bits per heavy atom. The van der Waals surface area contributed by atoms with E-state index < -0.39 is 0 Å². The summed E-state index contributed by atoms with van der Waals surface area (Å²) in [7, 11) is 2.11. The summed E-state index contributed by atoms with van der Waals surface area (Å²) in [6, 6.07) is 10.6. The van der Waals surface area contributed by atoms with Crippen molar-refractivity contribution in [3.63, 3.8) is 0 Å². The molecule has 2 aromatic rings. The number of rotatable bonds is 1. The Balaban J connectivity index is 1.73. The second kappa shape index (κ2) is 6.75. The Labute approximate surface area is 151 Å². The van der Waals surface area contributed by atoms with Crippen LogP contribution >= 0.6 is 23.1 Å². The molecule has 0 radical (unpaired) electrons. The number of piperazine rings is 1. The normalized spacial score (nSPS) is 19.7. The largest absolute Gasteiger partial charge is 0.337 e. The molecule has 0 aliphatic carbocycles. The summed E-state index contributed by atoms with van der Waals surface area (Å²) in [6.45, 7) is 3.52. The van der Waals surface area contributed by atoms with Gasteiger partial charge in [0.15, 0.2) is 0 Å². The van der Waals surface area contributed by atoms with Crippen molar-refractivity contribution in [1.29, 1.82) is 0 Å². The average Bonchev–Trinajstić information content (AvgIpc) is 3.02. The van der Waals surface area contributed by atoms with Crippen LogP contribution in [-0.4, -0.2) is 48.9 Å². The zero-order valence-corrected chi connectivity index (χ0v) is 15.3. The lowest BCUT2D eigenvalue weighted by Crippen LogP contribution is -2.46. The number of hydrogen-bond acceptors (Lipinski definition) is 4. The number of carbonyl (C=O) groups excluding carboxylic acids is 1. The summed E-state index contributed by atoms with van der Waals surface area (Å²) < 4.78 is 1.31. The fraction of sp³-hybridized carbons (Fsp3) is 0.316. The van der Waals surface area contributed by atoms with E-state index in [9.17, 15) is 4.79 Å². The monoisotopic (exact) mass is 356 g/mol. The first kappa shape index (κ1) is 15.9. The molecular formula is C19H20N2OS2. The van der Waals surface area contributed by atoms with Crippen molar-refractivity contribution in [2.45, 2.75) is 9.96 Å². The average molecular weight is 357 g/mol. The van der Waals surface area contributed by atoms with Gasteiger partial charge in [-0.15, -0.1) is 23.1 Å². The van der Waals surface area contributed by atoms with Crippen LogP contribution in [0.5, 0.6) is 0 Å². The summed E-state index contributed by atoms with van der Waals surface area (Å²) in [5, 5.41) is 2.12. The Kier molecular flexibility index (Phi) is 4.48. The van der Waals surface area contributed by atoms with Crippen molar-refractivity contribution in [2.75, 3.05) is 33.2 Å². The Morgan fingerprint density at radius 1 is 1.08 bits per heavy atom. The van der Waals surface area contributed by atoms with Crippen molar-refractivity contribution in [3.05, 3.63) is 58.5 Å². The zero-order valence-electron chi connectivity index (χ0n) is 13.7. The predicted octanol–water partition coefficient (Wildman–Crippen LogP) is 3.56. The minimum absolute atomic E-state index is 0.136. The highest BCUT2D eigenvalue weighted by Crippen LogP contribution is 2.42. The second-order valence-electron chi connectivity index (χ2n) is 6.25. The van der Waals surface area contributed by atoms with Gasteiger partial charge in [-0.1, -0.05) is 24.3 Å². The molecule has 0 unspecified atom stereocenters. The third-order valence-corrected chi connectivity index (χ3v) is 6.95. The summed E-state index contributed by atoms with van der Waals surface area (Å²) in [4.78, 5) is 17.1. The smallest absolute Gasteiger partial charge is 0.247 e. The van der Waals surface area contributed by atoms with E-state index >= 15 is 0 Å². The van der Waals surface area contributed by atoms with Crippen LogP contribution in [0.4, 0.5) is 0 Å². The van der Waals surface area contributed by atoms with Gasteiger partial charge in [0.1, 0.15) is 0 Å². The van der Waals surface area contributed by atoms with E-state index in [1.54, 1.807) is 11.3 Å². The number of carbonyl (C=O) groups is 1. The third-order valence-electron chi connectivity index (χ3n) is 4.67. The first-order valence-corrected chi connectivity index (χ1v) is 10.1. The second-order valence-corrected chi connectivity index (χ2v) is 8.41. The van der Waals surface area contributed by atoms with Crippen LogP contribution in [0.3, 0.4) is 0 Å². The zero-order chi connectivity index (χ0) is 16.5. The van der Waals surface area contributed by atoms with Gasteiger partial charge in [0, 0.05) is 43.6 Å². The van der Waals surface area contributed by atoms with Gasteiger partial charge in [0.05, 0.1) is 4.21 Å². The Morgan fingerprint density at radius 3 is 2.71 bits per heavy atom. The highest BCUT2D eigenvalue weighted by Gasteiger charge is 2.23. The maximum Gasteiger partial charge on any atom is 0.247 e. The molecule has 1 amide bonds. The molecule has 1 aromatic heterocycles. The predicted molar refractivity (Wildman–Crippen MR) is 101 cm³/mol. The van der Waals surface area contributed by atoms with Crippen molar-refractivity contribution in [3.8, 4) is 0 Å². The summed E-state index contributed by atoms with van der Waals surface area (Å²) in [6.07, 6.45) is 1.86. The van der Waals surface area contributed by atoms with Crippen LogP contribution in [0.1, 0.15) is 16.7 Å². The Hall–Kier alpha value is -1.56. The first-order chi connectivity index (χ1) is 11.7. The van der Waals surface area contributed by atoms with Gasteiger partial charge < -0.3 is 9.80 Å². The van der Waals surface area contributed by atoms with Gasteiger partial charge in [0.2, 0.25) is 5.91 Å². The topological polar surface area (TPSA) is 23.6 Å². The first-order valence-electron chi connectivity index (χ1n) is 8.20. The van der Waals surface area contributed by atoms with Gasteiger partial charge >= 0.3 is 0 Å². The van der Waals surface area contributed by atoms with Crippen LogP contribution in [0.2, 0.25) is 0 Å². The van der Waals surface area contributed by atoms with Crippen LogP contribution < -0.4 is 0 Å². The molecule has 124 valence electrons. The van der Waals surface area contributed by atoms with Crippen molar-refractivity contribution < 1.29 is 4.79 Å². The molecule has 1 aromatic carbocycles. The molecule has 2 aliphatic heterocycles. The fourth-order valence-electron chi connectivity index (χ4n) is 3.20. The number of fused-ring (bicyclic) bond motifs is 2. The molecule has 0 spiro atoms. The Bertz CT molecular complexity index is 788. The van der Waals surface area contributed by atoms with Gasteiger partial charge in [-0.05, 0) is 35.2 Å². The molecule has 3 heterocycles. The molecule has 0 N–H and O–H groups in total. The molecule has 4 rings (SSSR count). The molecule has 24 heavy (non-hydrogen) atoms. The molecule has 1 fully saturated rings. The SMILES string of the molecule is CN1CCN(C(=O)/C=C2\c3ccccc3CSc3sccc32)CC1. The molecule has 3 nitrogen and oxygen atoms in total. The molecule has 1 saturated heterocycles. The summed E-state index contributed by atoms with van der Waals surface area (Å²) >= 11 is 3.64. The lowest BCUT2D eigenvalue weighted by Gasteiger charge is -2.31. The number of nitrogens with zero attached hydrogens (tertiary/aromatic N) is 2. The van der Waals surface area contributed by atoms with E-state index in [-0.39, 0.29) is 5.91 Å². The standard InChI is InChI=1S/C19H20N2OS2/c1-20-7-9-21(10-8-20)18(22)12-17-15-5-3-2-4-14(15)13-24-19-16(17)6-11-23-19/h2-6,11-12H,7-10,13H2,1H3/b17-12+. The van der Waals surface area contributed by atoms with Crippen LogP contribution in [-0.2, 0) is 10.5 Å². The molecule has 5 heteroatoms. The minimum atomic E-state index is 0.136. The number of benzene rings is 1. The molecular weight excluding hydrogens is 336 g/mol. The van der Waals surface area contributed by atoms with Crippen LogP contribution in [0.15, 0.2) is 46.0 Å². The quantitative estimate of drug-likeness (QED) is 0.730. The molecule has 0 atom stereocenters. The number of thioether (sulfide) groups is 1. The van der Waals surface area contributed by atoms with Crippen molar-refractivity contribution in [2.24, 2.45) is 0 Å². The molecule has 0 saturated carbocycles. The van der Waals surface area contributed by atoms with Gasteiger partial charge in [-0.3, -0.25) is 4.79 Å². The van der Waals surface area contributed by atoms with E-state index in [1.807, 2.05) is 22.7 Å². The maximum atomic E-state index is 12.9. The van der Waals surface area contributed by atoms with E-state index in [0.29, 0.717) is 0 Å². The fourth-order valence-corrected chi connectivity index (χ4v) is 5.32. The maximum absolute atomic E-state index is 12.9. The lowest BCUT2D eigenvalue weighted by atomic mass is 9.95. The third kappa shape index (κ3) is 3.04. The van der Waals surface area contributed by atoms with Crippen LogP contribution in [0, 0.1) is 0 Å². The highest BCUT2D eigenvalue weighted by molar-refractivity contribution is 8.00. The lowest BCUT2D eigenvalue weighted by molar-refractivity contribution is -0.127. The van der Waals surface area contributed by atoms with Gasteiger partial charge in [0.25, 0.3) is 0 Å². The van der Waals surface area contributed by atoms with Gasteiger partial charge in [-0.25, -0.2) is 0 Å². The van der Waals surface area contributed by atoms with Crippen molar-refractivity contribution in [1.82, 2.24) is 9.80 Å². The highest BCUT2D eigenvalue weighted by atomic mass is 32.2. The summed E-state index contributed by atoms with van der Waals surface area (Å²) in [5.41, 5.74) is 4.79. The molecule has 2 aliphatic rings. The van der Waals surface area contributed by atoms with E-state index in [1.165, 1.54) is 20.9 Å². The number of hydrogen-bond donors (Lipinski definition) is 0. The minimum Gasteiger partial charge on any atom is -0.337 e. The van der Waals surface area contributed by atoms with E-state index in [4.69, 9.17) is 0 Å². The summed E-state index contributed by atoms with van der Waals surface area (Å²) in [5.74, 6) is 1.10. The number of amides is 1. The van der Waals surface area contributed by atoms with E-state index in [0.717, 1.165) is 37.5 Å². The number of thiophene rings is 1. The van der Waals surface area contributed by atoms with Crippen LogP contribution in [0.25, 0.3) is 5.57 Å².